The van der Waals surface area contributed by atoms with Gasteiger partial charge in [-0.25, -0.2) is 0 Å². The molecule has 1 aromatic carbocycles. The van der Waals surface area contributed by atoms with Crippen molar-refractivity contribution < 1.29 is 9.53 Å². The van der Waals surface area contributed by atoms with Gasteiger partial charge in [0.25, 0.3) is 0 Å². The zero-order valence-electron chi connectivity index (χ0n) is 11.9. The Bertz CT molecular complexity index is 542. The summed E-state index contributed by atoms with van der Waals surface area (Å²) in [5.74, 6) is 0.878. The number of amides is 1. The first kappa shape index (κ1) is 14.2. The van der Waals surface area contributed by atoms with Crippen LogP contribution in [0.25, 0.3) is 0 Å². The van der Waals surface area contributed by atoms with Gasteiger partial charge in [-0.05, 0) is 36.6 Å². The number of carbonyl (C=O) groups is 1. The molecule has 106 valence electrons. The van der Waals surface area contributed by atoms with Crippen molar-refractivity contribution in [1.29, 1.82) is 0 Å². The fraction of sp³-hybridized carbons (Fsp3) is 0.312. The van der Waals surface area contributed by atoms with Gasteiger partial charge >= 0.3 is 0 Å². The number of benzene rings is 1. The van der Waals surface area contributed by atoms with E-state index in [1.165, 1.54) is 0 Å². The number of hydrogen-bond donors (Lipinski definition) is 2. The maximum atomic E-state index is 11.7. The van der Waals surface area contributed by atoms with E-state index >= 15 is 0 Å². The van der Waals surface area contributed by atoms with E-state index in [0.29, 0.717) is 19.6 Å². The minimum absolute atomic E-state index is 0.00237. The van der Waals surface area contributed by atoms with Gasteiger partial charge in [-0.3, -0.25) is 4.79 Å². The second-order valence-corrected chi connectivity index (χ2v) is 4.82. The Labute approximate surface area is 119 Å². The maximum Gasteiger partial charge on any atom is 0.223 e. The van der Waals surface area contributed by atoms with E-state index in [1.54, 1.807) is 0 Å². The van der Waals surface area contributed by atoms with Crippen molar-refractivity contribution in [1.82, 2.24) is 10.3 Å². The smallest absolute Gasteiger partial charge is 0.223 e. The number of nitrogens with one attached hydrogen (secondary N) is 2. The van der Waals surface area contributed by atoms with Crippen molar-refractivity contribution in [3.63, 3.8) is 0 Å². The highest BCUT2D eigenvalue weighted by molar-refractivity contribution is 5.76. The van der Waals surface area contributed by atoms with E-state index < -0.39 is 0 Å². The number of rotatable bonds is 6. The van der Waals surface area contributed by atoms with E-state index in [1.807, 2.05) is 50.5 Å². The van der Waals surface area contributed by atoms with Gasteiger partial charge in [0, 0.05) is 18.9 Å². The Morgan fingerprint density at radius 2 is 2.00 bits per heavy atom. The summed E-state index contributed by atoms with van der Waals surface area (Å²) >= 11 is 0. The van der Waals surface area contributed by atoms with Crippen LogP contribution in [0.1, 0.15) is 23.1 Å². The van der Waals surface area contributed by atoms with Crippen LogP contribution in [0.5, 0.6) is 5.75 Å². The number of carbonyl (C=O) groups excluding carboxylic acids is 1. The van der Waals surface area contributed by atoms with Gasteiger partial charge in [-0.15, -0.1) is 0 Å². The van der Waals surface area contributed by atoms with Crippen LogP contribution < -0.4 is 10.1 Å². The van der Waals surface area contributed by atoms with E-state index in [4.69, 9.17) is 4.74 Å². The van der Waals surface area contributed by atoms with Gasteiger partial charge in [0.15, 0.2) is 0 Å². The Balaban J connectivity index is 1.74. The molecule has 1 amide bonds. The molecule has 1 aromatic heterocycles. The summed E-state index contributed by atoms with van der Waals surface area (Å²) in [5.41, 5.74) is 3.25. The highest BCUT2D eigenvalue weighted by Gasteiger charge is 2.05. The zero-order chi connectivity index (χ0) is 14.4. The largest absolute Gasteiger partial charge is 0.493 e. The van der Waals surface area contributed by atoms with Crippen LogP contribution in [-0.2, 0) is 11.3 Å². The Kier molecular flexibility index (Phi) is 4.82. The summed E-state index contributed by atoms with van der Waals surface area (Å²) in [6.07, 6.45) is 4.07. The summed E-state index contributed by atoms with van der Waals surface area (Å²) in [6, 6.07) is 7.96. The number of aromatic nitrogens is 1. The fourth-order valence-corrected chi connectivity index (χ4v) is 2.03. The second-order valence-electron chi connectivity index (χ2n) is 4.82. The first-order valence-corrected chi connectivity index (χ1v) is 6.74. The Morgan fingerprint density at radius 1 is 1.25 bits per heavy atom. The number of para-hydroxylation sites is 1. The molecular weight excluding hydrogens is 252 g/mol. The molecule has 1 heterocycles. The second kappa shape index (κ2) is 6.80. The van der Waals surface area contributed by atoms with Crippen molar-refractivity contribution >= 4 is 5.91 Å². The van der Waals surface area contributed by atoms with Gasteiger partial charge < -0.3 is 15.0 Å². The fourth-order valence-electron chi connectivity index (χ4n) is 2.03. The van der Waals surface area contributed by atoms with Crippen molar-refractivity contribution in [2.45, 2.75) is 26.8 Å². The third-order valence-corrected chi connectivity index (χ3v) is 3.14. The molecule has 2 aromatic rings. The molecule has 0 atom stereocenters. The van der Waals surface area contributed by atoms with E-state index in [-0.39, 0.29) is 5.91 Å². The van der Waals surface area contributed by atoms with Crippen LogP contribution in [0.15, 0.2) is 36.7 Å². The van der Waals surface area contributed by atoms with Crippen LogP contribution in [0, 0.1) is 13.8 Å². The average molecular weight is 272 g/mol. The van der Waals surface area contributed by atoms with Crippen molar-refractivity contribution in [3.8, 4) is 5.75 Å². The molecule has 4 heteroatoms. The molecule has 20 heavy (non-hydrogen) atoms. The van der Waals surface area contributed by atoms with Gasteiger partial charge in [0.1, 0.15) is 5.75 Å². The molecule has 4 nitrogen and oxygen atoms in total. The highest BCUT2D eigenvalue weighted by atomic mass is 16.5. The molecule has 0 fully saturated rings. The Hall–Kier alpha value is -2.23. The molecule has 0 saturated carbocycles. The molecule has 2 rings (SSSR count). The molecule has 0 radical (unpaired) electrons. The predicted octanol–water partition coefficient (Wildman–Crippen LogP) is 2.72. The van der Waals surface area contributed by atoms with E-state index in [9.17, 15) is 4.79 Å². The lowest BCUT2D eigenvalue weighted by atomic mass is 10.1. The summed E-state index contributed by atoms with van der Waals surface area (Å²) in [5, 5.41) is 2.86. The van der Waals surface area contributed by atoms with Crippen LogP contribution in [0.4, 0.5) is 0 Å². The number of ether oxygens (including phenoxy) is 1. The molecule has 0 aliphatic carbocycles. The maximum absolute atomic E-state index is 11.7. The molecule has 0 saturated heterocycles. The number of aryl methyl sites for hydroxylation is 2. The van der Waals surface area contributed by atoms with Crippen LogP contribution in [0.2, 0.25) is 0 Å². The molecule has 0 aliphatic heterocycles. The lowest BCUT2D eigenvalue weighted by Crippen LogP contribution is -2.24. The monoisotopic (exact) mass is 272 g/mol. The standard InChI is InChI=1S/C16H20N2O2/c1-12-4-3-5-13(2)16(12)20-9-7-15(19)18-11-14-6-8-17-10-14/h3-6,8,10,17H,7,9,11H2,1-2H3,(H,18,19). The number of hydrogen-bond acceptors (Lipinski definition) is 2. The lowest BCUT2D eigenvalue weighted by Gasteiger charge is -2.11. The minimum Gasteiger partial charge on any atom is -0.493 e. The topological polar surface area (TPSA) is 54.1 Å². The highest BCUT2D eigenvalue weighted by Crippen LogP contribution is 2.22. The third-order valence-electron chi connectivity index (χ3n) is 3.14. The minimum atomic E-state index is -0.00237. The first-order chi connectivity index (χ1) is 9.66. The first-order valence-electron chi connectivity index (χ1n) is 6.74. The van der Waals surface area contributed by atoms with Crippen LogP contribution in [0.3, 0.4) is 0 Å². The number of H-pyrrole nitrogens is 1. The number of aromatic amines is 1. The normalized spacial score (nSPS) is 10.3. The van der Waals surface area contributed by atoms with Gasteiger partial charge in [-0.1, -0.05) is 18.2 Å². The summed E-state index contributed by atoms with van der Waals surface area (Å²) in [6.45, 7) is 4.96. The van der Waals surface area contributed by atoms with Crippen molar-refractivity contribution in [2.75, 3.05) is 6.61 Å². The van der Waals surface area contributed by atoms with Gasteiger partial charge in [0.05, 0.1) is 13.0 Å². The van der Waals surface area contributed by atoms with Crippen molar-refractivity contribution in [2.24, 2.45) is 0 Å². The zero-order valence-corrected chi connectivity index (χ0v) is 11.9. The molecule has 0 bridgehead atoms. The van der Waals surface area contributed by atoms with E-state index in [0.717, 1.165) is 22.4 Å². The average Bonchev–Trinajstić information content (AvgIpc) is 2.93. The molecule has 2 N–H and O–H groups in total. The summed E-state index contributed by atoms with van der Waals surface area (Å²) in [4.78, 5) is 14.7. The predicted molar refractivity (Wildman–Crippen MR) is 78.7 cm³/mol. The summed E-state index contributed by atoms with van der Waals surface area (Å²) in [7, 11) is 0. The quantitative estimate of drug-likeness (QED) is 0.849. The van der Waals surface area contributed by atoms with Crippen LogP contribution in [-0.4, -0.2) is 17.5 Å². The Morgan fingerprint density at radius 3 is 2.65 bits per heavy atom. The van der Waals surface area contributed by atoms with Crippen molar-refractivity contribution in [3.05, 3.63) is 53.3 Å². The summed E-state index contributed by atoms with van der Waals surface area (Å²) < 4.78 is 5.71. The van der Waals surface area contributed by atoms with E-state index in [2.05, 4.69) is 10.3 Å². The van der Waals surface area contributed by atoms with Gasteiger partial charge in [0.2, 0.25) is 5.91 Å². The lowest BCUT2D eigenvalue weighted by molar-refractivity contribution is -0.121. The SMILES string of the molecule is Cc1cccc(C)c1OCCC(=O)NCc1cc[nH]c1. The van der Waals surface area contributed by atoms with Gasteiger partial charge in [-0.2, -0.15) is 0 Å². The molecule has 0 spiro atoms. The molecular formula is C16H20N2O2. The third kappa shape index (κ3) is 3.88. The molecule has 0 aliphatic rings. The molecule has 0 unspecified atom stereocenters. The van der Waals surface area contributed by atoms with Crippen LogP contribution >= 0.6 is 0 Å².